The third-order valence-electron chi connectivity index (χ3n) is 3.24. The van der Waals surface area contributed by atoms with Crippen LogP contribution in [0.2, 0.25) is 0 Å². The Morgan fingerprint density at radius 3 is 2.26 bits per heavy atom. The Hall–Kier alpha value is -1.80. The summed E-state index contributed by atoms with van der Waals surface area (Å²) in [7, 11) is 0. The van der Waals surface area contributed by atoms with Gasteiger partial charge in [0.25, 0.3) is 0 Å². The number of ether oxygens (including phenoxy) is 1. The van der Waals surface area contributed by atoms with Crippen molar-refractivity contribution in [2.75, 3.05) is 6.61 Å². The first-order valence-corrected chi connectivity index (χ1v) is 6.67. The molecule has 2 N–H and O–H groups in total. The summed E-state index contributed by atoms with van der Waals surface area (Å²) in [5, 5.41) is 0. The number of nitrogens with two attached hydrogens (primary N) is 1. The fourth-order valence-electron chi connectivity index (χ4n) is 2.08. The van der Waals surface area contributed by atoms with E-state index in [-0.39, 0.29) is 0 Å². The molecule has 0 radical (unpaired) electrons. The van der Waals surface area contributed by atoms with E-state index in [9.17, 15) is 0 Å². The average molecular weight is 255 g/mol. The molecule has 0 amide bonds. The van der Waals surface area contributed by atoms with Gasteiger partial charge in [-0.05, 0) is 36.6 Å². The lowest BCUT2D eigenvalue weighted by atomic mass is 10.1. The second kappa shape index (κ2) is 6.39. The molecule has 2 aromatic rings. The largest absolute Gasteiger partial charge is 0.493 e. The Morgan fingerprint density at radius 2 is 1.63 bits per heavy atom. The summed E-state index contributed by atoms with van der Waals surface area (Å²) in [6.07, 6.45) is 0.915. The van der Waals surface area contributed by atoms with Crippen molar-refractivity contribution in [1.29, 1.82) is 0 Å². The highest BCUT2D eigenvalue weighted by Crippen LogP contribution is 2.19. The van der Waals surface area contributed by atoms with Gasteiger partial charge in [-0.2, -0.15) is 0 Å². The maximum Gasteiger partial charge on any atom is 0.122 e. The summed E-state index contributed by atoms with van der Waals surface area (Å²) < 4.78 is 5.83. The second-order valence-electron chi connectivity index (χ2n) is 4.89. The van der Waals surface area contributed by atoms with Crippen LogP contribution in [0.15, 0.2) is 42.5 Å². The van der Waals surface area contributed by atoms with Crippen molar-refractivity contribution in [3.63, 3.8) is 0 Å². The molecule has 2 rings (SSSR count). The van der Waals surface area contributed by atoms with Crippen molar-refractivity contribution < 1.29 is 4.74 Å². The van der Waals surface area contributed by atoms with E-state index in [1.54, 1.807) is 0 Å². The van der Waals surface area contributed by atoms with Gasteiger partial charge in [0.1, 0.15) is 5.75 Å². The smallest absolute Gasteiger partial charge is 0.122 e. The second-order valence-corrected chi connectivity index (χ2v) is 4.89. The van der Waals surface area contributed by atoms with Crippen molar-refractivity contribution in [3.05, 3.63) is 64.7 Å². The van der Waals surface area contributed by atoms with Crippen LogP contribution in [0.3, 0.4) is 0 Å². The molecule has 0 bridgehead atoms. The first-order valence-electron chi connectivity index (χ1n) is 6.67. The standard InChI is InChI=1S/C17H21NO/c1-13-3-8-17(14(2)11-13)19-10-9-15-4-6-16(12-18)7-5-15/h3-8,11H,9-10,12,18H2,1-2H3. The molecule has 0 aliphatic rings. The Bertz CT molecular complexity index is 531. The van der Waals surface area contributed by atoms with Crippen LogP contribution in [0.5, 0.6) is 5.75 Å². The predicted molar refractivity (Wildman–Crippen MR) is 79.4 cm³/mol. The monoisotopic (exact) mass is 255 g/mol. The zero-order valence-corrected chi connectivity index (χ0v) is 11.6. The maximum absolute atomic E-state index is 5.83. The van der Waals surface area contributed by atoms with Gasteiger partial charge in [0, 0.05) is 13.0 Å². The molecule has 0 aliphatic heterocycles. The van der Waals surface area contributed by atoms with Gasteiger partial charge in [0.05, 0.1) is 6.61 Å². The van der Waals surface area contributed by atoms with E-state index in [1.165, 1.54) is 22.3 Å². The number of benzene rings is 2. The summed E-state index contributed by atoms with van der Waals surface area (Å²) in [5.41, 5.74) is 10.5. The molecule has 0 saturated carbocycles. The maximum atomic E-state index is 5.83. The summed E-state index contributed by atoms with van der Waals surface area (Å²) in [6, 6.07) is 14.7. The van der Waals surface area contributed by atoms with Crippen LogP contribution in [0.25, 0.3) is 0 Å². The normalized spacial score (nSPS) is 10.5. The zero-order valence-electron chi connectivity index (χ0n) is 11.6. The molecule has 0 aromatic heterocycles. The van der Waals surface area contributed by atoms with E-state index in [4.69, 9.17) is 10.5 Å². The quantitative estimate of drug-likeness (QED) is 0.889. The Kier molecular flexibility index (Phi) is 4.58. The van der Waals surface area contributed by atoms with Crippen molar-refractivity contribution in [1.82, 2.24) is 0 Å². The third-order valence-corrected chi connectivity index (χ3v) is 3.24. The van der Waals surface area contributed by atoms with Gasteiger partial charge in [0.2, 0.25) is 0 Å². The van der Waals surface area contributed by atoms with E-state index in [2.05, 4.69) is 50.2 Å². The zero-order chi connectivity index (χ0) is 13.7. The van der Waals surface area contributed by atoms with Crippen molar-refractivity contribution in [3.8, 4) is 5.75 Å². The van der Waals surface area contributed by atoms with Crippen molar-refractivity contribution >= 4 is 0 Å². The summed E-state index contributed by atoms with van der Waals surface area (Å²) in [6.45, 7) is 5.47. The van der Waals surface area contributed by atoms with Gasteiger partial charge in [-0.25, -0.2) is 0 Å². The minimum absolute atomic E-state index is 0.597. The number of hydrogen-bond donors (Lipinski definition) is 1. The van der Waals surface area contributed by atoms with Crippen LogP contribution >= 0.6 is 0 Å². The molecule has 0 fully saturated rings. The van der Waals surface area contributed by atoms with Crippen LogP contribution in [-0.2, 0) is 13.0 Å². The molecule has 19 heavy (non-hydrogen) atoms. The summed E-state index contributed by atoms with van der Waals surface area (Å²) in [4.78, 5) is 0. The van der Waals surface area contributed by atoms with E-state index in [0.29, 0.717) is 13.2 Å². The lowest BCUT2D eigenvalue weighted by molar-refractivity contribution is 0.319. The van der Waals surface area contributed by atoms with Crippen LogP contribution in [0.1, 0.15) is 22.3 Å². The van der Waals surface area contributed by atoms with Gasteiger partial charge in [-0.15, -0.1) is 0 Å². The van der Waals surface area contributed by atoms with E-state index in [1.807, 2.05) is 6.07 Å². The molecule has 2 heteroatoms. The predicted octanol–water partition coefficient (Wildman–Crippen LogP) is 3.38. The highest BCUT2D eigenvalue weighted by Gasteiger charge is 2.00. The van der Waals surface area contributed by atoms with E-state index < -0.39 is 0 Å². The van der Waals surface area contributed by atoms with Gasteiger partial charge >= 0.3 is 0 Å². The Morgan fingerprint density at radius 1 is 0.947 bits per heavy atom. The SMILES string of the molecule is Cc1ccc(OCCc2ccc(CN)cc2)c(C)c1. The molecule has 100 valence electrons. The molecular weight excluding hydrogens is 234 g/mol. The molecule has 0 spiro atoms. The fraction of sp³-hybridized carbons (Fsp3) is 0.294. The lowest BCUT2D eigenvalue weighted by Crippen LogP contribution is -2.03. The van der Waals surface area contributed by atoms with Crippen molar-refractivity contribution in [2.24, 2.45) is 5.73 Å². The lowest BCUT2D eigenvalue weighted by Gasteiger charge is -2.10. The molecule has 0 unspecified atom stereocenters. The van der Waals surface area contributed by atoms with E-state index >= 15 is 0 Å². The molecule has 0 heterocycles. The molecule has 2 nitrogen and oxygen atoms in total. The molecule has 0 atom stereocenters. The van der Waals surface area contributed by atoms with Crippen LogP contribution < -0.4 is 10.5 Å². The fourth-order valence-corrected chi connectivity index (χ4v) is 2.08. The van der Waals surface area contributed by atoms with Gasteiger partial charge in [-0.3, -0.25) is 0 Å². The molecular formula is C17H21NO. The van der Waals surface area contributed by atoms with Gasteiger partial charge in [-0.1, -0.05) is 42.0 Å². The number of hydrogen-bond acceptors (Lipinski definition) is 2. The topological polar surface area (TPSA) is 35.2 Å². The molecule has 2 aromatic carbocycles. The first-order chi connectivity index (χ1) is 9.19. The molecule has 0 aliphatic carbocycles. The highest BCUT2D eigenvalue weighted by atomic mass is 16.5. The van der Waals surface area contributed by atoms with E-state index in [0.717, 1.165) is 12.2 Å². The minimum Gasteiger partial charge on any atom is -0.493 e. The van der Waals surface area contributed by atoms with Crippen LogP contribution in [0.4, 0.5) is 0 Å². The van der Waals surface area contributed by atoms with Crippen LogP contribution in [-0.4, -0.2) is 6.61 Å². The minimum atomic E-state index is 0.597. The number of rotatable bonds is 5. The molecule has 0 saturated heterocycles. The number of aryl methyl sites for hydroxylation is 2. The average Bonchev–Trinajstić information content (AvgIpc) is 2.42. The first kappa shape index (κ1) is 13.6. The summed E-state index contributed by atoms with van der Waals surface area (Å²) >= 11 is 0. The van der Waals surface area contributed by atoms with Crippen LogP contribution in [0, 0.1) is 13.8 Å². The van der Waals surface area contributed by atoms with Crippen molar-refractivity contribution in [2.45, 2.75) is 26.8 Å². The summed E-state index contributed by atoms with van der Waals surface area (Å²) in [5.74, 6) is 0.976. The van der Waals surface area contributed by atoms with Gasteiger partial charge < -0.3 is 10.5 Å². The third kappa shape index (κ3) is 3.83. The van der Waals surface area contributed by atoms with Gasteiger partial charge in [0.15, 0.2) is 0 Å². The highest BCUT2D eigenvalue weighted by molar-refractivity contribution is 5.35. The Labute approximate surface area is 115 Å². The Balaban J connectivity index is 1.88.